The predicted octanol–water partition coefficient (Wildman–Crippen LogP) is 1.66. The number of aromatic nitrogens is 1. The highest BCUT2D eigenvalue weighted by Crippen LogP contribution is 2.42. The van der Waals surface area contributed by atoms with E-state index in [0.717, 1.165) is 22.9 Å². The normalized spacial score (nSPS) is 25.0. The van der Waals surface area contributed by atoms with Crippen LogP contribution in [0.15, 0.2) is 21.9 Å². The van der Waals surface area contributed by atoms with E-state index in [2.05, 4.69) is 15.2 Å². The minimum atomic E-state index is -0.496. The van der Waals surface area contributed by atoms with Gasteiger partial charge >= 0.3 is 0 Å². The third-order valence-corrected chi connectivity index (χ3v) is 6.37. The first-order valence-electron chi connectivity index (χ1n) is 9.32. The van der Waals surface area contributed by atoms with E-state index < -0.39 is 5.41 Å². The summed E-state index contributed by atoms with van der Waals surface area (Å²) in [6.07, 6.45) is 0.570. The summed E-state index contributed by atoms with van der Waals surface area (Å²) < 4.78 is 11.5. The van der Waals surface area contributed by atoms with Gasteiger partial charge in [-0.1, -0.05) is 6.07 Å². The Morgan fingerprint density at radius 3 is 3.22 bits per heavy atom. The van der Waals surface area contributed by atoms with Crippen LogP contribution in [0, 0.1) is 18.3 Å². The summed E-state index contributed by atoms with van der Waals surface area (Å²) in [4.78, 5) is 20.8. The number of aryl methyl sites for hydroxylation is 1. The molecule has 4 heterocycles. The van der Waals surface area contributed by atoms with E-state index in [1.54, 1.807) is 11.3 Å². The topological polar surface area (TPSA) is 87.8 Å². The molecule has 0 saturated carbocycles. The highest BCUT2D eigenvalue weighted by molar-refractivity contribution is 7.13. The number of nitrogens with one attached hydrogen (secondary N) is 1. The fourth-order valence-corrected chi connectivity index (χ4v) is 4.68. The number of nitrogens with zero attached hydrogens (tertiary/aromatic N) is 2. The molecule has 4 rings (SSSR count). The lowest BCUT2D eigenvalue weighted by Gasteiger charge is -2.26. The highest BCUT2D eigenvalue weighted by atomic mass is 32.1. The number of hydrogen-bond donors (Lipinski definition) is 2. The number of hydrogen-bond acceptors (Lipinski definition) is 7. The minimum Gasteiger partial charge on any atom is -0.440 e. The number of amides is 1. The minimum absolute atomic E-state index is 0.0390. The summed E-state index contributed by atoms with van der Waals surface area (Å²) in [6, 6.07) is 3.99. The fourth-order valence-electron chi connectivity index (χ4n) is 4.03. The number of rotatable bonds is 7. The lowest BCUT2D eigenvalue weighted by Crippen LogP contribution is -2.47. The Morgan fingerprint density at radius 1 is 1.56 bits per heavy atom. The van der Waals surface area contributed by atoms with Crippen molar-refractivity contribution in [2.24, 2.45) is 11.3 Å². The van der Waals surface area contributed by atoms with Gasteiger partial charge in [0, 0.05) is 38.7 Å². The van der Waals surface area contributed by atoms with E-state index in [0.29, 0.717) is 45.2 Å². The number of thiophene rings is 1. The van der Waals surface area contributed by atoms with Crippen molar-refractivity contribution in [2.45, 2.75) is 19.9 Å². The Balaban J connectivity index is 1.45. The van der Waals surface area contributed by atoms with E-state index in [-0.39, 0.29) is 18.4 Å². The maximum Gasteiger partial charge on any atom is 0.236 e. The Hall–Kier alpha value is -1.74. The molecule has 1 amide bonds. The van der Waals surface area contributed by atoms with Gasteiger partial charge in [0.15, 0.2) is 0 Å². The number of likely N-dealkylation sites (tertiary alicyclic amines) is 1. The van der Waals surface area contributed by atoms with Crippen LogP contribution in [0.5, 0.6) is 0 Å². The first kappa shape index (κ1) is 18.6. The molecule has 2 atom stereocenters. The molecule has 2 aromatic heterocycles. The number of fused-ring (bicyclic) bond motifs is 1. The average molecular weight is 391 g/mol. The number of carbonyl (C=O) groups is 1. The van der Waals surface area contributed by atoms with Crippen LogP contribution in [0.25, 0.3) is 10.8 Å². The zero-order valence-electron chi connectivity index (χ0n) is 15.4. The lowest BCUT2D eigenvalue weighted by molar-refractivity contribution is -0.131. The molecule has 0 unspecified atom stereocenters. The van der Waals surface area contributed by atoms with Crippen molar-refractivity contribution in [1.29, 1.82) is 0 Å². The molecular weight excluding hydrogens is 366 g/mol. The van der Waals surface area contributed by atoms with Crippen molar-refractivity contribution >= 4 is 17.2 Å². The van der Waals surface area contributed by atoms with Crippen molar-refractivity contribution in [2.75, 3.05) is 39.5 Å². The van der Waals surface area contributed by atoms with Crippen LogP contribution in [0.3, 0.4) is 0 Å². The van der Waals surface area contributed by atoms with Gasteiger partial charge < -0.3 is 19.6 Å². The Morgan fingerprint density at radius 2 is 2.44 bits per heavy atom. The zero-order chi connectivity index (χ0) is 18.9. The molecule has 27 heavy (non-hydrogen) atoms. The molecule has 2 aromatic rings. The van der Waals surface area contributed by atoms with Crippen molar-refractivity contribution in [3.8, 4) is 10.8 Å². The molecule has 2 aliphatic rings. The Bertz CT molecular complexity index is 791. The van der Waals surface area contributed by atoms with Crippen LogP contribution in [-0.2, 0) is 16.1 Å². The van der Waals surface area contributed by atoms with Crippen LogP contribution in [0.2, 0.25) is 0 Å². The Kier molecular flexibility index (Phi) is 5.32. The third kappa shape index (κ3) is 3.54. The first-order valence-corrected chi connectivity index (χ1v) is 10.2. The second-order valence-corrected chi connectivity index (χ2v) is 8.32. The molecule has 0 spiro atoms. The summed E-state index contributed by atoms with van der Waals surface area (Å²) in [5.74, 6) is 1.72. The number of aliphatic hydroxyl groups excluding tert-OH is 1. The number of aliphatic hydroxyl groups is 1. The third-order valence-electron chi connectivity index (χ3n) is 5.52. The van der Waals surface area contributed by atoms with Crippen LogP contribution in [0.4, 0.5) is 0 Å². The van der Waals surface area contributed by atoms with E-state index in [1.807, 2.05) is 24.4 Å². The number of carbonyl (C=O) groups excluding carboxylic acids is 1. The van der Waals surface area contributed by atoms with Gasteiger partial charge in [0.2, 0.25) is 11.8 Å². The SMILES string of the molecule is Cc1oc(-c2cccs2)nc1CN1C[C@@H]2COC[C@]2(C(=O)NCCCO)C1. The van der Waals surface area contributed by atoms with E-state index in [9.17, 15) is 4.79 Å². The van der Waals surface area contributed by atoms with Gasteiger partial charge in [-0.25, -0.2) is 4.98 Å². The largest absolute Gasteiger partial charge is 0.440 e. The fraction of sp³-hybridized carbons (Fsp3) is 0.579. The smallest absolute Gasteiger partial charge is 0.236 e. The molecule has 146 valence electrons. The molecule has 0 radical (unpaired) electrons. The van der Waals surface area contributed by atoms with Crippen molar-refractivity contribution in [3.63, 3.8) is 0 Å². The van der Waals surface area contributed by atoms with E-state index in [1.165, 1.54) is 0 Å². The van der Waals surface area contributed by atoms with Gasteiger partial charge in [-0.15, -0.1) is 11.3 Å². The van der Waals surface area contributed by atoms with Crippen molar-refractivity contribution in [1.82, 2.24) is 15.2 Å². The van der Waals surface area contributed by atoms with E-state index in [4.69, 9.17) is 14.3 Å². The average Bonchev–Trinajstić information content (AvgIpc) is 3.39. The van der Waals surface area contributed by atoms with Gasteiger partial charge in [-0.2, -0.15) is 0 Å². The number of oxazole rings is 1. The zero-order valence-corrected chi connectivity index (χ0v) is 16.3. The van der Waals surface area contributed by atoms with Gasteiger partial charge in [0.1, 0.15) is 5.76 Å². The maximum absolute atomic E-state index is 12.8. The standard InChI is InChI=1S/C19H25N3O4S/c1-13-15(21-17(26-13)16-4-2-7-27-16)9-22-8-14-10-25-12-19(14,11-22)18(24)20-5-3-6-23/h2,4,7,14,23H,3,5-6,8-12H2,1H3,(H,20,24)/t14-,19-/m1/s1. The Labute approximate surface area is 162 Å². The molecular formula is C19H25N3O4S. The second-order valence-electron chi connectivity index (χ2n) is 7.37. The maximum atomic E-state index is 12.8. The monoisotopic (exact) mass is 391 g/mol. The van der Waals surface area contributed by atoms with Gasteiger partial charge in [0.25, 0.3) is 0 Å². The molecule has 2 N–H and O–H groups in total. The van der Waals surface area contributed by atoms with Crippen LogP contribution in [-0.4, -0.2) is 60.4 Å². The second kappa shape index (κ2) is 7.71. The predicted molar refractivity (Wildman–Crippen MR) is 101 cm³/mol. The summed E-state index contributed by atoms with van der Waals surface area (Å²) in [7, 11) is 0. The quantitative estimate of drug-likeness (QED) is 0.698. The van der Waals surface area contributed by atoms with Crippen LogP contribution < -0.4 is 5.32 Å². The van der Waals surface area contributed by atoms with Crippen LogP contribution in [0.1, 0.15) is 17.9 Å². The molecule has 2 aliphatic heterocycles. The van der Waals surface area contributed by atoms with Gasteiger partial charge in [0.05, 0.1) is 29.2 Å². The molecule has 0 bridgehead atoms. The molecule has 0 aromatic carbocycles. The molecule has 0 aliphatic carbocycles. The van der Waals surface area contributed by atoms with Crippen LogP contribution >= 0.6 is 11.3 Å². The van der Waals surface area contributed by atoms with E-state index >= 15 is 0 Å². The van der Waals surface area contributed by atoms with Gasteiger partial charge in [-0.05, 0) is 24.8 Å². The molecule has 8 heteroatoms. The lowest BCUT2D eigenvalue weighted by atomic mass is 9.80. The number of ether oxygens (including phenoxy) is 1. The summed E-state index contributed by atoms with van der Waals surface area (Å²) in [5, 5.41) is 13.9. The first-order chi connectivity index (χ1) is 13.1. The molecule has 2 fully saturated rings. The van der Waals surface area contributed by atoms with Crippen molar-refractivity contribution in [3.05, 3.63) is 29.0 Å². The van der Waals surface area contributed by atoms with Gasteiger partial charge in [-0.3, -0.25) is 9.69 Å². The molecule has 7 nitrogen and oxygen atoms in total. The summed E-state index contributed by atoms with van der Waals surface area (Å²) in [6.45, 7) is 5.73. The highest BCUT2D eigenvalue weighted by Gasteiger charge is 2.55. The summed E-state index contributed by atoms with van der Waals surface area (Å²) >= 11 is 1.61. The van der Waals surface area contributed by atoms with Crippen molar-refractivity contribution < 1.29 is 19.1 Å². The molecule has 2 saturated heterocycles. The summed E-state index contributed by atoms with van der Waals surface area (Å²) in [5.41, 5.74) is 0.430.